The molecule has 0 saturated heterocycles. The summed E-state index contributed by atoms with van der Waals surface area (Å²) in [5.74, 6) is 0. The van der Waals surface area contributed by atoms with E-state index in [-0.39, 0.29) is 31.3 Å². The van der Waals surface area contributed by atoms with Crippen molar-refractivity contribution in [2.45, 2.75) is 82.9 Å². The van der Waals surface area contributed by atoms with Crippen molar-refractivity contribution in [2.24, 2.45) is 0 Å². The van der Waals surface area contributed by atoms with Gasteiger partial charge in [-0.15, -0.1) is 0 Å². The maximum Gasteiger partial charge on any atom is 0.168 e. The highest BCUT2D eigenvalue weighted by molar-refractivity contribution is 7.86. The van der Waals surface area contributed by atoms with Crippen LogP contribution in [0.4, 0.5) is 0 Å². The average Bonchev–Trinajstić information content (AvgIpc) is 2.06. The van der Waals surface area contributed by atoms with Gasteiger partial charge in [0, 0.05) is 0 Å². The van der Waals surface area contributed by atoms with Crippen LogP contribution in [0.2, 0.25) is 0 Å². The summed E-state index contributed by atoms with van der Waals surface area (Å²) in [6.45, 7) is 23.1. The molecule has 0 aromatic carbocycles. The third kappa shape index (κ3) is 5.15. The summed E-state index contributed by atoms with van der Waals surface area (Å²) >= 11 is 0. The largest absolute Gasteiger partial charge is 0.274 e. The molecule has 0 aliphatic rings. The van der Waals surface area contributed by atoms with Gasteiger partial charge >= 0.3 is 0 Å². The fraction of sp³-hybridized carbons (Fsp3) is 1.00. The van der Waals surface area contributed by atoms with Gasteiger partial charge in [0.1, 0.15) is 0 Å². The van der Waals surface area contributed by atoms with Gasteiger partial charge in [0.15, 0.2) is 8.46 Å². The molecule has 0 aromatic heterocycles. The molecule has 0 bridgehead atoms. The molecule has 0 aliphatic heterocycles. The van der Waals surface area contributed by atoms with Gasteiger partial charge in [0.25, 0.3) is 0 Å². The van der Waals surface area contributed by atoms with E-state index in [0.717, 1.165) is 0 Å². The molecule has 0 rings (SSSR count). The lowest BCUT2D eigenvalue weighted by Gasteiger charge is -2.48. The molecule has 108 valence electrons. The molecule has 18 heavy (non-hydrogen) atoms. The number of rotatable bonds is 3. The summed E-state index contributed by atoms with van der Waals surface area (Å²) in [5, 5.41) is 1.11. The van der Waals surface area contributed by atoms with Gasteiger partial charge in [-0.1, -0.05) is 78.2 Å². The molecule has 0 heterocycles. The predicted molar refractivity (Wildman–Crippen MR) is 90.4 cm³/mol. The van der Waals surface area contributed by atoms with E-state index in [2.05, 4.69) is 69.0 Å². The van der Waals surface area contributed by atoms with Crippen LogP contribution >= 0.6 is 24.3 Å². The lowest BCUT2D eigenvalue weighted by atomic mass is 10.2. The van der Waals surface area contributed by atoms with Crippen molar-refractivity contribution in [2.75, 3.05) is 6.66 Å². The van der Waals surface area contributed by atoms with Crippen molar-refractivity contribution in [1.29, 1.82) is 0 Å². The lowest BCUT2D eigenvalue weighted by Crippen LogP contribution is -2.31. The smallest absolute Gasteiger partial charge is 0.168 e. The van der Waals surface area contributed by atoms with E-state index >= 15 is 0 Å². The van der Waals surface area contributed by atoms with Crippen molar-refractivity contribution >= 4 is 24.3 Å². The van der Waals surface area contributed by atoms with Crippen LogP contribution in [0.25, 0.3) is 0 Å². The molecule has 0 saturated carbocycles. The first kappa shape index (κ1) is 19.0. The fourth-order valence-corrected chi connectivity index (χ4v) is 15.0. The molecule has 2 atom stereocenters. The van der Waals surface area contributed by atoms with Crippen molar-refractivity contribution in [3.05, 3.63) is 0 Å². The minimum absolute atomic E-state index is 0.248. The van der Waals surface area contributed by atoms with Crippen LogP contribution in [0.3, 0.4) is 0 Å². The maximum atomic E-state index is 11.9. The van der Waals surface area contributed by atoms with Crippen LogP contribution in [0.15, 0.2) is 0 Å². The maximum absolute atomic E-state index is 11.9. The van der Waals surface area contributed by atoms with Crippen molar-refractivity contribution < 1.29 is 4.57 Å². The fourth-order valence-electron chi connectivity index (χ4n) is 2.34. The number of hydrogen-bond donors (Lipinski definition) is 0. The zero-order valence-corrected chi connectivity index (χ0v) is 16.5. The molecule has 0 aliphatic carbocycles. The summed E-state index contributed by atoms with van der Waals surface area (Å²) in [4.78, 5) is 0. The minimum atomic E-state index is -0.306. The minimum Gasteiger partial charge on any atom is -0.274 e. The first-order valence-electron chi connectivity index (χ1n) is 6.58. The second kappa shape index (κ2) is 6.16. The van der Waals surface area contributed by atoms with Crippen LogP contribution in [0.1, 0.15) is 62.3 Å². The molecule has 0 spiro atoms. The highest BCUT2D eigenvalue weighted by atomic mass is 31.2. The third-order valence-corrected chi connectivity index (χ3v) is 13.6. The van der Waals surface area contributed by atoms with Gasteiger partial charge in [-0.05, 0) is 22.1 Å². The van der Waals surface area contributed by atoms with E-state index in [1.54, 1.807) is 0 Å². The van der Waals surface area contributed by atoms with Crippen molar-refractivity contribution in [1.82, 2.24) is 0 Å². The van der Waals surface area contributed by atoms with Gasteiger partial charge in [-0.3, -0.25) is 4.57 Å². The van der Waals surface area contributed by atoms with Gasteiger partial charge in [0.05, 0.1) is 5.14 Å². The normalized spacial score (nSPS) is 18.2. The first-order valence-corrected chi connectivity index (χ1v) is 10.7. The Morgan fingerprint density at radius 2 is 1.11 bits per heavy atom. The van der Waals surface area contributed by atoms with E-state index in [1.807, 2.05) is 0 Å². The average molecular weight is 308 g/mol. The standard InChI is InChI=1S/C14H31OP3/c1-12(2,3)17(10)11(16-15)18(13(4,5)6)14(7,8)9/h11H,1-10H3. The van der Waals surface area contributed by atoms with Gasteiger partial charge in [-0.25, -0.2) is 0 Å². The Balaban J connectivity index is 5.53. The van der Waals surface area contributed by atoms with Crippen LogP contribution < -0.4 is 0 Å². The van der Waals surface area contributed by atoms with E-state index in [4.69, 9.17) is 0 Å². The Kier molecular flexibility index (Phi) is 6.49. The van der Waals surface area contributed by atoms with Crippen molar-refractivity contribution in [3.8, 4) is 0 Å². The van der Waals surface area contributed by atoms with E-state index in [1.165, 1.54) is 0 Å². The molecule has 0 N–H and O–H groups in total. The monoisotopic (exact) mass is 308 g/mol. The topological polar surface area (TPSA) is 17.1 Å². The summed E-state index contributed by atoms with van der Waals surface area (Å²) in [6, 6.07) is 0. The molecular weight excluding hydrogens is 277 g/mol. The van der Waals surface area contributed by atoms with Crippen LogP contribution in [0, 0.1) is 0 Å². The Hall–Kier alpha value is 0.960. The zero-order valence-electron chi connectivity index (χ0n) is 13.8. The molecule has 0 aromatic rings. The number of hydrogen-bond acceptors (Lipinski definition) is 1. The van der Waals surface area contributed by atoms with Gasteiger partial charge in [-0.2, -0.15) is 0 Å². The lowest BCUT2D eigenvalue weighted by molar-refractivity contribution is 0.598. The quantitative estimate of drug-likeness (QED) is 0.540. The van der Waals surface area contributed by atoms with Crippen LogP contribution in [-0.4, -0.2) is 27.3 Å². The second-order valence-corrected chi connectivity index (χ2v) is 16.9. The summed E-state index contributed by atoms with van der Waals surface area (Å²) in [7, 11) is -0.199. The van der Waals surface area contributed by atoms with Crippen molar-refractivity contribution in [3.63, 3.8) is 0 Å². The molecule has 0 amide bonds. The SMILES string of the molecule is CP(C(P=O)P(C(C)(C)C)C(C)(C)C)C(C)(C)C. The van der Waals surface area contributed by atoms with Gasteiger partial charge in [0.2, 0.25) is 0 Å². The first-order chi connectivity index (χ1) is 7.73. The summed E-state index contributed by atoms with van der Waals surface area (Å²) < 4.78 is 11.9. The Labute approximate surface area is 119 Å². The molecule has 1 nitrogen and oxygen atoms in total. The molecule has 4 heteroatoms. The van der Waals surface area contributed by atoms with Crippen LogP contribution in [-0.2, 0) is 4.57 Å². The van der Waals surface area contributed by atoms with E-state index < -0.39 is 0 Å². The summed E-state index contributed by atoms with van der Waals surface area (Å²) in [6.07, 6.45) is 0. The molecular formula is C14H31OP3. The molecule has 2 unspecified atom stereocenters. The highest BCUT2D eigenvalue weighted by Gasteiger charge is 2.44. The predicted octanol–water partition coefficient (Wildman–Crippen LogP) is 6.55. The van der Waals surface area contributed by atoms with E-state index in [9.17, 15) is 4.57 Å². The third-order valence-electron chi connectivity index (χ3n) is 3.18. The van der Waals surface area contributed by atoms with Crippen LogP contribution in [0.5, 0.6) is 0 Å². The highest BCUT2D eigenvalue weighted by Crippen LogP contribution is 2.75. The molecule has 0 radical (unpaired) electrons. The Morgan fingerprint density at radius 1 is 0.778 bits per heavy atom. The van der Waals surface area contributed by atoms with Gasteiger partial charge < -0.3 is 0 Å². The molecule has 0 fully saturated rings. The second-order valence-electron chi connectivity index (χ2n) is 7.95. The Morgan fingerprint density at radius 3 is 1.28 bits per heavy atom. The van der Waals surface area contributed by atoms with E-state index in [0.29, 0.717) is 13.6 Å². The Bertz CT molecular complexity index is 267. The zero-order chi connectivity index (χ0) is 14.9. The summed E-state index contributed by atoms with van der Waals surface area (Å²) in [5.41, 5.74) is 0.